The van der Waals surface area contributed by atoms with E-state index in [2.05, 4.69) is 60.6 Å². The molecule has 0 radical (unpaired) electrons. The molecule has 0 aromatic rings. The summed E-state index contributed by atoms with van der Waals surface area (Å²) in [5.74, 6) is 0.835. The zero-order valence-electron chi connectivity index (χ0n) is 33.6. The molecule has 3 saturated heterocycles. The second kappa shape index (κ2) is 12.9. The van der Waals surface area contributed by atoms with Gasteiger partial charge < -0.3 is 59.4 Å². The van der Waals surface area contributed by atoms with Gasteiger partial charge in [0.1, 0.15) is 42.7 Å². The highest BCUT2D eigenvalue weighted by Crippen LogP contribution is 2.79. The fraction of sp³-hybridized carbons (Fsp3) is 0.952. The van der Waals surface area contributed by atoms with Gasteiger partial charge in [-0.05, 0) is 91.8 Å². The molecule has 1 spiro atoms. The molecule has 0 unspecified atom stereocenters. The van der Waals surface area contributed by atoms with Crippen molar-refractivity contribution >= 4 is 0 Å². The van der Waals surface area contributed by atoms with E-state index < -0.39 is 73.6 Å². The van der Waals surface area contributed by atoms with Gasteiger partial charge in [-0.1, -0.05) is 60.6 Å². The molecule has 2 bridgehead atoms. The standard InChI is InChI=1S/C42H68O12/c1-21-28(45)33(54-34-31(48)30(47)29(46)22(19-43)52-34)32(49)35(51-21)53-27-11-12-38(6)23(37(27,4)5)9-13-39(7)24(38)10-14-42-25-17-36(2,3)15-16-41(25,20-50-42)26(44)18-40(39,42)8/h10,14,21-35,43-49H,9,11-13,15-20H2,1-8H3/t21-,22-,23+,24+,25+,26+,27+,28+,29-,30+,31-,32+,33-,34+,35+,38-,39+,40+,41+,42-/m0/s1. The first-order chi connectivity index (χ1) is 25.1. The Bertz CT molecular complexity index is 1470. The molecule has 0 aromatic carbocycles. The highest BCUT2D eigenvalue weighted by atomic mass is 16.7. The van der Waals surface area contributed by atoms with E-state index in [1.807, 2.05) is 0 Å². The summed E-state index contributed by atoms with van der Waals surface area (Å²) >= 11 is 0. The van der Waals surface area contributed by atoms with Crippen LogP contribution in [0.25, 0.3) is 0 Å². The molecule has 12 nitrogen and oxygen atoms in total. The van der Waals surface area contributed by atoms with Crippen molar-refractivity contribution in [1.82, 2.24) is 0 Å². The lowest BCUT2D eigenvalue weighted by molar-refractivity contribution is -0.366. The molecule has 3 aliphatic heterocycles. The predicted molar refractivity (Wildman–Crippen MR) is 195 cm³/mol. The van der Waals surface area contributed by atoms with Crippen LogP contribution in [0, 0.1) is 50.2 Å². The average molecular weight is 765 g/mol. The van der Waals surface area contributed by atoms with Crippen LogP contribution in [0.5, 0.6) is 0 Å². The largest absolute Gasteiger partial charge is 0.394 e. The third kappa shape index (κ3) is 5.24. The molecule has 3 heterocycles. The first-order valence-electron chi connectivity index (χ1n) is 20.8. The zero-order valence-corrected chi connectivity index (χ0v) is 33.6. The second-order valence-electron chi connectivity index (χ2n) is 21.1. The van der Waals surface area contributed by atoms with Crippen LogP contribution in [0.1, 0.15) is 107 Å². The minimum atomic E-state index is -1.69. The third-order valence-corrected chi connectivity index (χ3v) is 17.8. The van der Waals surface area contributed by atoms with E-state index in [1.165, 1.54) is 0 Å². The molecule has 4 saturated carbocycles. The quantitative estimate of drug-likeness (QED) is 0.161. The number of hydrogen-bond donors (Lipinski definition) is 7. The Labute approximate surface area is 320 Å². The van der Waals surface area contributed by atoms with Crippen molar-refractivity contribution in [3.63, 3.8) is 0 Å². The normalized spacial score (nSPS) is 58.8. The van der Waals surface area contributed by atoms with E-state index in [-0.39, 0.29) is 56.5 Å². The maximum atomic E-state index is 12.1. The summed E-state index contributed by atoms with van der Waals surface area (Å²) in [5, 5.41) is 75.6. The number of hydrogen-bond acceptors (Lipinski definition) is 12. The molecular weight excluding hydrogens is 696 g/mol. The number of rotatable bonds is 5. The summed E-state index contributed by atoms with van der Waals surface area (Å²) in [4.78, 5) is 0. The molecule has 8 aliphatic rings. The van der Waals surface area contributed by atoms with Gasteiger partial charge in [0, 0.05) is 16.7 Å². The van der Waals surface area contributed by atoms with Gasteiger partial charge in [-0.15, -0.1) is 0 Å². The summed E-state index contributed by atoms with van der Waals surface area (Å²) in [6.45, 7) is 18.3. The van der Waals surface area contributed by atoms with Gasteiger partial charge in [0.15, 0.2) is 12.6 Å². The Balaban J connectivity index is 1.03. The van der Waals surface area contributed by atoms with Crippen LogP contribution in [0.4, 0.5) is 0 Å². The van der Waals surface area contributed by atoms with Crippen LogP contribution in [0.15, 0.2) is 12.2 Å². The van der Waals surface area contributed by atoms with Crippen molar-refractivity contribution < 1.29 is 59.4 Å². The second-order valence-corrected chi connectivity index (χ2v) is 21.1. The van der Waals surface area contributed by atoms with E-state index in [9.17, 15) is 35.7 Å². The molecule has 7 fully saturated rings. The van der Waals surface area contributed by atoms with Crippen LogP contribution >= 0.6 is 0 Å². The summed E-state index contributed by atoms with van der Waals surface area (Å²) in [7, 11) is 0. The Morgan fingerprint density at radius 2 is 1.43 bits per heavy atom. The SMILES string of the molecule is C[C@@H]1O[C@H](O[C@@H]2CC[C@@]3(C)[C@H](CC[C@]4(C)[C@@H]3C=C[C@]35OC[C@@]6(CCC(C)(C)C[C@H]63)[C@H](O)C[C@@]54C)C2(C)C)[C@H](O)[C@@H](O[C@H]2O[C@@H](CO)[C@H](O)[C@@H](O)[C@@H]2O)[C@@H]1O. The van der Waals surface area contributed by atoms with Gasteiger partial charge in [-0.2, -0.15) is 0 Å². The van der Waals surface area contributed by atoms with Crippen molar-refractivity contribution in [2.75, 3.05) is 13.2 Å². The van der Waals surface area contributed by atoms with Crippen LogP contribution < -0.4 is 0 Å². The lowest BCUT2D eigenvalue weighted by atomic mass is 9.32. The lowest BCUT2D eigenvalue weighted by Crippen LogP contribution is -2.72. The maximum Gasteiger partial charge on any atom is 0.187 e. The molecule has 7 N–H and O–H groups in total. The van der Waals surface area contributed by atoms with Crippen molar-refractivity contribution in [1.29, 1.82) is 0 Å². The van der Waals surface area contributed by atoms with Crippen molar-refractivity contribution in [3.8, 4) is 0 Å². The first-order valence-corrected chi connectivity index (χ1v) is 20.8. The smallest absolute Gasteiger partial charge is 0.187 e. The van der Waals surface area contributed by atoms with E-state index in [0.717, 1.165) is 51.4 Å². The number of ether oxygens (including phenoxy) is 5. The van der Waals surface area contributed by atoms with Crippen molar-refractivity contribution in [3.05, 3.63) is 12.2 Å². The van der Waals surface area contributed by atoms with Crippen LogP contribution in [-0.4, -0.2) is 128 Å². The van der Waals surface area contributed by atoms with Gasteiger partial charge in [0.05, 0.1) is 37.1 Å². The summed E-state index contributed by atoms with van der Waals surface area (Å²) < 4.78 is 31.4. The Morgan fingerprint density at radius 1 is 0.722 bits per heavy atom. The minimum Gasteiger partial charge on any atom is -0.394 e. The van der Waals surface area contributed by atoms with Crippen LogP contribution in [-0.2, 0) is 23.7 Å². The predicted octanol–water partition coefficient (Wildman–Crippen LogP) is 2.80. The van der Waals surface area contributed by atoms with Crippen LogP contribution in [0.3, 0.4) is 0 Å². The molecule has 54 heavy (non-hydrogen) atoms. The molecule has 8 rings (SSSR count). The van der Waals surface area contributed by atoms with Gasteiger partial charge in [-0.25, -0.2) is 0 Å². The Kier molecular flexibility index (Phi) is 9.55. The van der Waals surface area contributed by atoms with Gasteiger partial charge in [0.25, 0.3) is 0 Å². The number of allylic oxidation sites excluding steroid dienone is 1. The summed E-state index contributed by atoms with van der Waals surface area (Å²) in [6.07, 6.45) is -1.83. The lowest BCUT2D eigenvalue weighted by Gasteiger charge is -2.73. The van der Waals surface area contributed by atoms with Gasteiger partial charge in [-0.3, -0.25) is 0 Å². The Morgan fingerprint density at radius 3 is 2.13 bits per heavy atom. The van der Waals surface area contributed by atoms with Crippen molar-refractivity contribution in [2.45, 2.75) is 186 Å². The topological polar surface area (TPSA) is 188 Å². The molecular formula is C42H68O12. The third-order valence-electron chi connectivity index (χ3n) is 17.8. The fourth-order valence-corrected chi connectivity index (χ4v) is 14.3. The molecule has 0 aromatic heterocycles. The molecule has 12 heteroatoms. The van der Waals surface area contributed by atoms with E-state index in [0.29, 0.717) is 12.5 Å². The van der Waals surface area contributed by atoms with Gasteiger partial charge >= 0.3 is 0 Å². The monoisotopic (exact) mass is 764 g/mol. The highest BCUT2D eigenvalue weighted by Gasteiger charge is 2.79. The molecule has 5 aliphatic carbocycles. The van der Waals surface area contributed by atoms with E-state index in [4.69, 9.17) is 23.7 Å². The maximum absolute atomic E-state index is 12.1. The molecule has 20 atom stereocenters. The fourth-order valence-electron chi connectivity index (χ4n) is 14.3. The number of aliphatic hydroxyl groups excluding tert-OH is 7. The minimum absolute atomic E-state index is 0.0638. The van der Waals surface area contributed by atoms with E-state index >= 15 is 0 Å². The Hall–Kier alpha value is -0.740. The number of aliphatic hydroxyl groups is 7. The number of fused-ring (bicyclic) bond motifs is 4. The summed E-state index contributed by atoms with van der Waals surface area (Å²) in [5.41, 5.74) is -1.08. The zero-order chi connectivity index (χ0) is 39.2. The van der Waals surface area contributed by atoms with Crippen molar-refractivity contribution in [2.24, 2.45) is 50.2 Å². The average Bonchev–Trinajstić information content (AvgIpc) is 3.38. The highest BCUT2D eigenvalue weighted by molar-refractivity contribution is 5.36. The summed E-state index contributed by atoms with van der Waals surface area (Å²) in [6, 6.07) is 0. The van der Waals surface area contributed by atoms with E-state index in [1.54, 1.807) is 6.92 Å². The molecule has 0 amide bonds. The molecule has 308 valence electrons. The first kappa shape index (κ1) is 40.1. The van der Waals surface area contributed by atoms with Crippen LogP contribution in [0.2, 0.25) is 0 Å². The van der Waals surface area contributed by atoms with Gasteiger partial charge in [0.2, 0.25) is 0 Å².